The first-order valence-corrected chi connectivity index (χ1v) is 8.41. The van der Waals surface area contributed by atoms with Gasteiger partial charge in [0.2, 0.25) is 0 Å². The second-order valence-electron chi connectivity index (χ2n) is 6.34. The van der Waals surface area contributed by atoms with Crippen LogP contribution in [0.5, 0.6) is 0 Å². The van der Waals surface area contributed by atoms with Gasteiger partial charge in [0.1, 0.15) is 0 Å². The van der Waals surface area contributed by atoms with E-state index in [1.54, 1.807) is 0 Å². The van der Waals surface area contributed by atoms with Gasteiger partial charge in [-0.15, -0.1) is 0 Å². The van der Waals surface area contributed by atoms with E-state index < -0.39 is 0 Å². The van der Waals surface area contributed by atoms with E-state index in [2.05, 4.69) is 41.0 Å². The average molecular weight is 312 g/mol. The molecule has 2 amide bonds. The Kier molecular flexibility index (Phi) is 5.13. The van der Waals surface area contributed by atoms with Gasteiger partial charge in [0, 0.05) is 12.6 Å². The molecule has 4 heteroatoms. The summed E-state index contributed by atoms with van der Waals surface area (Å²) in [5.41, 5.74) is 1.23. The molecule has 0 heterocycles. The van der Waals surface area contributed by atoms with Crippen LogP contribution < -0.4 is 10.6 Å². The minimum absolute atomic E-state index is 0.104. The zero-order valence-electron chi connectivity index (χ0n) is 13.3. The number of fused-ring (bicyclic) bond motifs is 1. The van der Waals surface area contributed by atoms with Gasteiger partial charge in [0.05, 0.1) is 6.10 Å². The molecule has 23 heavy (non-hydrogen) atoms. The van der Waals surface area contributed by atoms with E-state index in [0.29, 0.717) is 6.54 Å². The Morgan fingerprint density at radius 3 is 2.57 bits per heavy atom. The van der Waals surface area contributed by atoms with Gasteiger partial charge in [-0.2, -0.15) is 0 Å². The maximum absolute atomic E-state index is 11.9. The zero-order valence-corrected chi connectivity index (χ0v) is 13.3. The second kappa shape index (κ2) is 7.47. The van der Waals surface area contributed by atoms with Crippen LogP contribution >= 0.6 is 0 Å². The molecule has 1 aliphatic rings. The Balaban J connectivity index is 1.43. The van der Waals surface area contributed by atoms with E-state index in [1.165, 1.54) is 16.3 Å². The van der Waals surface area contributed by atoms with Crippen LogP contribution in [0.4, 0.5) is 4.79 Å². The van der Waals surface area contributed by atoms with Crippen LogP contribution in [0.15, 0.2) is 42.5 Å². The fraction of sp³-hybridized carbons (Fsp3) is 0.421. The maximum atomic E-state index is 11.9. The highest BCUT2D eigenvalue weighted by Gasteiger charge is 2.20. The molecule has 0 atom stereocenters. The first-order valence-electron chi connectivity index (χ1n) is 8.41. The SMILES string of the molecule is O=C(NCCc1ccc2ccccc2c1)NC1CCC(O)CC1. The lowest BCUT2D eigenvalue weighted by Crippen LogP contribution is -2.44. The molecular weight excluding hydrogens is 288 g/mol. The molecule has 3 rings (SSSR count). The molecular formula is C19H24N2O2. The van der Waals surface area contributed by atoms with Crippen molar-refractivity contribution in [1.82, 2.24) is 10.6 Å². The molecule has 0 spiro atoms. The van der Waals surface area contributed by atoms with Gasteiger partial charge in [-0.25, -0.2) is 4.79 Å². The molecule has 122 valence electrons. The summed E-state index contributed by atoms with van der Waals surface area (Å²) in [5.74, 6) is 0. The van der Waals surface area contributed by atoms with Gasteiger partial charge >= 0.3 is 6.03 Å². The number of aliphatic hydroxyl groups is 1. The molecule has 3 N–H and O–H groups in total. The topological polar surface area (TPSA) is 61.4 Å². The van der Waals surface area contributed by atoms with Gasteiger partial charge in [0.15, 0.2) is 0 Å². The average Bonchev–Trinajstić information content (AvgIpc) is 2.57. The Bertz CT molecular complexity index is 663. The van der Waals surface area contributed by atoms with Crippen molar-refractivity contribution < 1.29 is 9.90 Å². The fourth-order valence-corrected chi connectivity index (χ4v) is 3.17. The van der Waals surface area contributed by atoms with Crippen LogP contribution in [0.3, 0.4) is 0 Å². The standard InChI is InChI=1S/C19H24N2O2/c22-18-9-7-17(8-10-18)21-19(23)20-12-11-14-5-6-15-3-1-2-4-16(15)13-14/h1-6,13,17-18,22H,7-12H2,(H2,20,21,23). The number of carbonyl (C=O) groups excluding carboxylic acids is 1. The van der Waals surface area contributed by atoms with E-state index in [1.807, 2.05) is 12.1 Å². The first-order chi connectivity index (χ1) is 11.2. The summed E-state index contributed by atoms with van der Waals surface area (Å²) in [4.78, 5) is 11.9. The van der Waals surface area contributed by atoms with Crippen molar-refractivity contribution in [2.24, 2.45) is 0 Å². The quantitative estimate of drug-likeness (QED) is 0.813. The van der Waals surface area contributed by atoms with Gasteiger partial charge in [-0.05, 0) is 48.4 Å². The summed E-state index contributed by atoms with van der Waals surface area (Å²) in [6.45, 7) is 0.625. The van der Waals surface area contributed by atoms with Crippen molar-refractivity contribution >= 4 is 16.8 Å². The van der Waals surface area contributed by atoms with Gasteiger partial charge < -0.3 is 15.7 Å². The van der Waals surface area contributed by atoms with Crippen LogP contribution in [-0.2, 0) is 6.42 Å². The van der Waals surface area contributed by atoms with Crippen LogP contribution in [0.25, 0.3) is 10.8 Å². The fourth-order valence-electron chi connectivity index (χ4n) is 3.17. The second-order valence-corrected chi connectivity index (χ2v) is 6.34. The lowest BCUT2D eigenvalue weighted by atomic mass is 9.93. The van der Waals surface area contributed by atoms with Crippen molar-refractivity contribution in [1.29, 1.82) is 0 Å². The molecule has 1 fully saturated rings. The van der Waals surface area contributed by atoms with E-state index in [0.717, 1.165) is 32.1 Å². The Morgan fingerprint density at radius 1 is 1.04 bits per heavy atom. The highest BCUT2D eigenvalue weighted by molar-refractivity contribution is 5.83. The smallest absolute Gasteiger partial charge is 0.315 e. The lowest BCUT2D eigenvalue weighted by Gasteiger charge is -2.26. The van der Waals surface area contributed by atoms with Gasteiger partial charge in [0.25, 0.3) is 0 Å². The van der Waals surface area contributed by atoms with E-state index >= 15 is 0 Å². The van der Waals surface area contributed by atoms with E-state index in [-0.39, 0.29) is 18.2 Å². The molecule has 0 saturated heterocycles. The zero-order chi connectivity index (χ0) is 16.1. The lowest BCUT2D eigenvalue weighted by molar-refractivity contribution is 0.117. The third-order valence-corrected chi connectivity index (χ3v) is 4.55. The van der Waals surface area contributed by atoms with E-state index in [9.17, 15) is 9.90 Å². The maximum Gasteiger partial charge on any atom is 0.315 e. The van der Waals surface area contributed by atoms with E-state index in [4.69, 9.17) is 0 Å². The van der Waals surface area contributed by atoms with Gasteiger partial charge in [-0.1, -0.05) is 42.5 Å². The molecule has 0 radical (unpaired) electrons. The van der Waals surface area contributed by atoms with Crippen molar-refractivity contribution in [3.8, 4) is 0 Å². The number of hydrogen-bond donors (Lipinski definition) is 3. The van der Waals surface area contributed by atoms with Crippen molar-refractivity contribution in [2.45, 2.75) is 44.2 Å². The van der Waals surface area contributed by atoms with Crippen LogP contribution in [0.2, 0.25) is 0 Å². The predicted octanol–water partition coefficient (Wildman–Crippen LogP) is 2.99. The monoisotopic (exact) mass is 312 g/mol. The van der Waals surface area contributed by atoms with Crippen molar-refractivity contribution in [2.75, 3.05) is 6.54 Å². The van der Waals surface area contributed by atoms with Gasteiger partial charge in [-0.3, -0.25) is 0 Å². The highest BCUT2D eigenvalue weighted by atomic mass is 16.3. The largest absolute Gasteiger partial charge is 0.393 e. The Hall–Kier alpha value is -2.07. The molecule has 4 nitrogen and oxygen atoms in total. The summed E-state index contributed by atoms with van der Waals surface area (Å²) in [6, 6.07) is 14.8. The molecule has 0 aromatic heterocycles. The summed E-state index contributed by atoms with van der Waals surface area (Å²) in [5, 5.41) is 17.9. The minimum atomic E-state index is -0.191. The predicted molar refractivity (Wildman–Crippen MR) is 92.4 cm³/mol. The number of urea groups is 1. The number of amides is 2. The summed E-state index contributed by atoms with van der Waals surface area (Å²) in [7, 11) is 0. The number of hydrogen-bond acceptors (Lipinski definition) is 2. The highest BCUT2D eigenvalue weighted by Crippen LogP contribution is 2.18. The Labute approximate surface area is 136 Å². The summed E-state index contributed by atoms with van der Waals surface area (Å²) >= 11 is 0. The number of aliphatic hydroxyl groups excluding tert-OH is 1. The molecule has 0 aliphatic heterocycles. The third-order valence-electron chi connectivity index (χ3n) is 4.55. The summed E-state index contributed by atoms with van der Waals surface area (Å²) < 4.78 is 0. The molecule has 0 unspecified atom stereocenters. The molecule has 1 aliphatic carbocycles. The van der Waals surface area contributed by atoms with Crippen LogP contribution in [0, 0.1) is 0 Å². The first kappa shape index (κ1) is 15.8. The number of rotatable bonds is 4. The molecule has 2 aromatic rings. The molecule has 0 bridgehead atoms. The van der Waals surface area contributed by atoms with Crippen molar-refractivity contribution in [3.05, 3.63) is 48.0 Å². The molecule has 1 saturated carbocycles. The number of nitrogens with one attached hydrogen (secondary N) is 2. The Morgan fingerprint density at radius 2 is 1.78 bits per heavy atom. The van der Waals surface area contributed by atoms with Crippen LogP contribution in [0.1, 0.15) is 31.2 Å². The molecule has 2 aromatic carbocycles. The third kappa shape index (κ3) is 4.45. The van der Waals surface area contributed by atoms with Crippen molar-refractivity contribution in [3.63, 3.8) is 0 Å². The number of carbonyl (C=O) groups is 1. The number of benzene rings is 2. The van der Waals surface area contributed by atoms with Crippen LogP contribution in [-0.4, -0.2) is 29.8 Å². The normalized spacial score (nSPS) is 21.1. The minimum Gasteiger partial charge on any atom is -0.393 e. The summed E-state index contributed by atoms with van der Waals surface area (Å²) in [6.07, 6.45) is 3.91.